The maximum Gasteiger partial charge on any atom is 0.212 e. The van der Waals surface area contributed by atoms with E-state index < -0.39 is 16.1 Å². The van der Waals surface area contributed by atoms with Crippen molar-refractivity contribution in [1.82, 2.24) is 4.72 Å². The van der Waals surface area contributed by atoms with Gasteiger partial charge in [0.25, 0.3) is 0 Å². The summed E-state index contributed by atoms with van der Waals surface area (Å²) in [7, 11) is -3.34. The van der Waals surface area contributed by atoms with E-state index in [-0.39, 0.29) is 23.1 Å². The van der Waals surface area contributed by atoms with Crippen LogP contribution >= 0.6 is 0 Å². The Balaban J connectivity index is 1.40. The van der Waals surface area contributed by atoms with Crippen LogP contribution in [0.2, 0.25) is 0 Å². The Morgan fingerprint density at radius 3 is 2.38 bits per heavy atom. The fourth-order valence-electron chi connectivity index (χ4n) is 4.71. The van der Waals surface area contributed by atoms with Gasteiger partial charge in [0.2, 0.25) is 10.0 Å². The highest BCUT2D eigenvalue weighted by Crippen LogP contribution is 2.49. The zero-order valence-corrected chi connectivity index (χ0v) is 14.6. The van der Waals surface area contributed by atoms with Crippen molar-refractivity contribution in [2.24, 2.45) is 11.3 Å². The van der Waals surface area contributed by atoms with Gasteiger partial charge in [0, 0.05) is 24.7 Å². The molecule has 1 saturated heterocycles. The minimum atomic E-state index is -3.34. The van der Waals surface area contributed by atoms with Gasteiger partial charge >= 0.3 is 0 Å². The topological polar surface area (TPSA) is 75.6 Å². The summed E-state index contributed by atoms with van der Waals surface area (Å²) in [6, 6.07) is 8.06. The number of benzene rings is 1. The molecule has 1 saturated carbocycles. The summed E-state index contributed by atoms with van der Waals surface area (Å²) < 4.78 is 33.6. The molecule has 1 aliphatic heterocycles. The molecule has 6 heteroatoms. The first-order valence-corrected chi connectivity index (χ1v) is 10.5. The first-order chi connectivity index (χ1) is 11.5. The Bertz CT molecular complexity index is 686. The van der Waals surface area contributed by atoms with Crippen LogP contribution in [0.25, 0.3) is 0 Å². The third-order valence-electron chi connectivity index (χ3n) is 6.15. The Morgan fingerprint density at radius 2 is 1.79 bits per heavy atom. The van der Waals surface area contributed by atoms with Gasteiger partial charge in [-0.2, -0.15) is 0 Å². The molecule has 0 amide bonds. The molecule has 1 aromatic carbocycles. The molecule has 2 N–H and O–H groups in total. The molecule has 3 aliphatic rings. The van der Waals surface area contributed by atoms with Crippen LogP contribution in [-0.2, 0) is 27.6 Å². The van der Waals surface area contributed by atoms with Gasteiger partial charge in [0.15, 0.2) is 0 Å². The lowest BCUT2D eigenvalue weighted by atomic mass is 9.58. The predicted molar refractivity (Wildman–Crippen MR) is 91.2 cm³/mol. The number of hydrogen-bond donors (Lipinski definition) is 2. The monoisotopic (exact) mass is 351 g/mol. The number of rotatable bonds is 4. The molecule has 132 valence electrons. The van der Waals surface area contributed by atoms with E-state index in [0.717, 1.165) is 25.7 Å². The molecule has 0 aromatic heterocycles. The van der Waals surface area contributed by atoms with Gasteiger partial charge < -0.3 is 9.84 Å². The van der Waals surface area contributed by atoms with Crippen molar-refractivity contribution in [3.63, 3.8) is 0 Å². The predicted octanol–water partition coefficient (Wildman–Crippen LogP) is 1.25. The van der Waals surface area contributed by atoms with Crippen LogP contribution in [-0.4, -0.2) is 44.6 Å². The molecule has 5 nitrogen and oxygen atoms in total. The number of hydrogen-bond acceptors (Lipinski definition) is 4. The number of aliphatic hydroxyl groups excluding tert-OH is 1. The van der Waals surface area contributed by atoms with Crippen LogP contribution in [0.1, 0.15) is 30.4 Å². The molecule has 0 unspecified atom stereocenters. The van der Waals surface area contributed by atoms with Gasteiger partial charge in [-0.1, -0.05) is 24.3 Å². The lowest BCUT2D eigenvalue weighted by molar-refractivity contribution is -0.143. The number of aliphatic hydroxyl groups is 1. The highest BCUT2D eigenvalue weighted by molar-refractivity contribution is 7.89. The SMILES string of the molecule is O=S(=O)(CC1Cc2ccccc2C1)N[C@@H]1C[C@@H](O)C12CCOCC2. The number of fused-ring (bicyclic) bond motifs is 1. The number of nitrogens with one attached hydrogen (secondary N) is 1. The third kappa shape index (κ3) is 2.90. The lowest BCUT2D eigenvalue weighted by Crippen LogP contribution is -2.65. The Kier molecular flexibility index (Phi) is 4.19. The zero-order valence-electron chi connectivity index (χ0n) is 13.8. The zero-order chi connectivity index (χ0) is 16.8. The van der Waals surface area contributed by atoms with Crippen molar-refractivity contribution in [2.75, 3.05) is 19.0 Å². The van der Waals surface area contributed by atoms with E-state index in [1.165, 1.54) is 11.1 Å². The second kappa shape index (κ2) is 6.09. The maximum atomic E-state index is 12.6. The summed E-state index contributed by atoms with van der Waals surface area (Å²) in [4.78, 5) is 0. The van der Waals surface area contributed by atoms with Gasteiger partial charge in [-0.15, -0.1) is 0 Å². The molecule has 0 radical (unpaired) electrons. The van der Waals surface area contributed by atoms with Crippen LogP contribution < -0.4 is 4.72 Å². The fourth-order valence-corrected chi connectivity index (χ4v) is 6.42. The molecule has 0 bridgehead atoms. The normalized spacial score (nSPS) is 29.4. The summed E-state index contributed by atoms with van der Waals surface area (Å²) in [5.74, 6) is 0.316. The van der Waals surface area contributed by atoms with Crippen LogP contribution in [0.5, 0.6) is 0 Å². The summed E-state index contributed by atoms with van der Waals surface area (Å²) in [5.41, 5.74) is 2.24. The van der Waals surface area contributed by atoms with E-state index >= 15 is 0 Å². The molecule has 24 heavy (non-hydrogen) atoms. The number of sulfonamides is 1. The summed E-state index contributed by atoms with van der Waals surface area (Å²) in [6.07, 6.45) is 3.24. The van der Waals surface area contributed by atoms with Crippen molar-refractivity contribution >= 4 is 10.0 Å². The molecule has 2 aliphatic carbocycles. The van der Waals surface area contributed by atoms with Crippen molar-refractivity contribution in [2.45, 2.75) is 44.2 Å². The molecular formula is C18H25NO4S. The highest BCUT2D eigenvalue weighted by atomic mass is 32.2. The summed E-state index contributed by atoms with van der Waals surface area (Å²) in [5, 5.41) is 10.2. The highest BCUT2D eigenvalue weighted by Gasteiger charge is 2.55. The smallest absolute Gasteiger partial charge is 0.212 e. The van der Waals surface area contributed by atoms with Crippen molar-refractivity contribution in [1.29, 1.82) is 0 Å². The molecule has 1 aromatic rings. The summed E-state index contributed by atoms with van der Waals surface area (Å²) in [6.45, 7) is 1.21. The van der Waals surface area contributed by atoms with E-state index in [1.54, 1.807) is 0 Å². The average molecular weight is 351 g/mol. The van der Waals surface area contributed by atoms with Crippen molar-refractivity contribution in [3.05, 3.63) is 35.4 Å². The van der Waals surface area contributed by atoms with E-state index in [2.05, 4.69) is 16.9 Å². The molecular weight excluding hydrogens is 326 g/mol. The van der Waals surface area contributed by atoms with Crippen LogP contribution in [0.3, 0.4) is 0 Å². The largest absolute Gasteiger partial charge is 0.392 e. The number of ether oxygens (including phenoxy) is 1. The molecule has 4 rings (SSSR count). The van der Waals surface area contributed by atoms with Gasteiger partial charge in [-0.25, -0.2) is 13.1 Å². The van der Waals surface area contributed by atoms with Crippen molar-refractivity contribution < 1.29 is 18.3 Å². The van der Waals surface area contributed by atoms with Crippen molar-refractivity contribution in [3.8, 4) is 0 Å². The maximum absolute atomic E-state index is 12.6. The summed E-state index contributed by atoms with van der Waals surface area (Å²) >= 11 is 0. The minimum absolute atomic E-state index is 0.148. The second-order valence-corrected chi connectivity index (χ2v) is 9.39. The van der Waals surface area contributed by atoms with E-state index in [1.807, 2.05) is 12.1 Å². The lowest BCUT2D eigenvalue weighted by Gasteiger charge is -2.55. The Labute approximate surface area is 143 Å². The van der Waals surface area contributed by atoms with Crippen LogP contribution in [0.15, 0.2) is 24.3 Å². The standard InChI is InChI=1S/C18H25NO4S/c20-17-11-16(18(17)5-7-23-8-6-18)19-24(21,22)12-13-9-14-3-1-2-4-15(14)10-13/h1-4,13,16-17,19-20H,5-12H2/t16-,17-/m1/s1. The molecule has 1 heterocycles. The van der Waals surface area contributed by atoms with Gasteiger partial charge in [0.1, 0.15) is 0 Å². The molecule has 1 spiro atoms. The minimum Gasteiger partial charge on any atom is -0.392 e. The van der Waals surface area contributed by atoms with Gasteiger partial charge in [0.05, 0.1) is 11.9 Å². The van der Waals surface area contributed by atoms with Crippen LogP contribution in [0.4, 0.5) is 0 Å². The molecule has 2 atom stereocenters. The fraction of sp³-hybridized carbons (Fsp3) is 0.667. The third-order valence-corrected chi connectivity index (χ3v) is 7.71. The van der Waals surface area contributed by atoms with Gasteiger partial charge in [-0.05, 0) is 49.1 Å². The van der Waals surface area contributed by atoms with Crippen LogP contribution in [0, 0.1) is 11.3 Å². The van der Waals surface area contributed by atoms with E-state index in [9.17, 15) is 13.5 Å². The Morgan fingerprint density at radius 1 is 1.17 bits per heavy atom. The first-order valence-electron chi connectivity index (χ1n) is 8.81. The molecule has 2 fully saturated rings. The van der Waals surface area contributed by atoms with E-state index in [0.29, 0.717) is 19.6 Å². The average Bonchev–Trinajstić information content (AvgIpc) is 2.96. The second-order valence-electron chi connectivity index (χ2n) is 7.59. The first kappa shape index (κ1) is 16.5. The Hall–Kier alpha value is -0.950. The van der Waals surface area contributed by atoms with Gasteiger partial charge in [-0.3, -0.25) is 0 Å². The van der Waals surface area contributed by atoms with E-state index in [4.69, 9.17) is 4.74 Å². The quantitative estimate of drug-likeness (QED) is 0.856.